The fraction of sp³-hybridized carbons (Fsp3) is 0.600. The van der Waals surface area contributed by atoms with Crippen molar-refractivity contribution in [2.75, 3.05) is 13.2 Å². The van der Waals surface area contributed by atoms with E-state index in [0.717, 1.165) is 18.1 Å². The van der Waals surface area contributed by atoms with Crippen molar-refractivity contribution in [2.24, 2.45) is 17.8 Å². The molecule has 0 bridgehead atoms. The van der Waals surface area contributed by atoms with Gasteiger partial charge in [-0.15, -0.1) is 13.2 Å². The van der Waals surface area contributed by atoms with E-state index in [0.29, 0.717) is 36.2 Å². The number of rotatable bonds is 4. The van der Waals surface area contributed by atoms with E-state index in [1.165, 1.54) is 31.7 Å². The van der Waals surface area contributed by atoms with E-state index in [-0.39, 0.29) is 0 Å². The molecule has 1 saturated heterocycles. The molecule has 1 aromatic carbocycles. The smallest absolute Gasteiger partial charge is 0.403 e. The summed E-state index contributed by atoms with van der Waals surface area (Å²) in [5, 5.41) is 0. The predicted molar refractivity (Wildman–Crippen MR) is 92.4 cm³/mol. The topological polar surface area (TPSA) is 27.7 Å². The quantitative estimate of drug-likeness (QED) is 0.633. The van der Waals surface area contributed by atoms with Gasteiger partial charge in [0.15, 0.2) is 17.9 Å². The van der Waals surface area contributed by atoms with Gasteiger partial charge in [0.25, 0.3) is 0 Å². The summed E-state index contributed by atoms with van der Waals surface area (Å²) in [5.74, 6) is -0.294. The molecule has 2 aliphatic rings. The molecule has 0 amide bonds. The van der Waals surface area contributed by atoms with Gasteiger partial charge in [-0.3, -0.25) is 0 Å². The van der Waals surface area contributed by atoms with E-state index in [1.54, 1.807) is 0 Å². The molecule has 1 aromatic rings. The van der Waals surface area contributed by atoms with E-state index in [4.69, 9.17) is 9.47 Å². The third-order valence-electron chi connectivity index (χ3n) is 5.46. The molecule has 1 heterocycles. The first-order valence-corrected chi connectivity index (χ1v) is 9.20. The van der Waals surface area contributed by atoms with Gasteiger partial charge in [0, 0.05) is 11.5 Å². The monoisotopic (exact) mass is 388 g/mol. The van der Waals surface area contributed by atoms with Crippen molar-refractivity contribution in [2.45, 2.75) is 45.3 Å². The predicted octanol–water partition coefficient (Wildman–Crippen LogP) is 5.55. The molecule has 1 aliphatic heterocycles. The molecular formula is C20H24F4O3. The van der Waals surface area contributed by atoms with Crippen LogP contribution in [0.2, 0.25) is 0 Å². The maximum Gasteiger partial charge on any atom is 0.573 e. The Bertz CT molecular complexity index is 658. The highest BCUT2D eigenvalue weighted by molar-refractivity contribution is 5.66. The van der Waals surface area contributed by atoms with Crippen LogP contribution in [0.5, 0.6) is 5.75 Å². The number of hydrogen-bond donors (Lipinski definition) is 0. The zero-order valence-electron chi connectivity index (χ0n) is 15.2. The molecule has 0 aromatic heterocycles. The lowest BCUT2D eigenvalue weighted by molar-refractivity contribution is -0.275. The molecule has 3 nitrogen and oxygen atoms in total. The Labute approximate surface area is 156 Å². The lowest BCUT2D eigenvalue weighted by Crippen LogP contribution is -2.37. The summed E-state index contributed by atoms with van der Waals surface area (Å²) in [6.07, 6.45) is -0.865. The van der Waals surface area contributed by atoms with Gasteiger partial charge in [-0.25, -0.2) is 4.39 Å². The lowest BCUT2D eigenvalue weighted by atomic mass is 9.76. The van der Waals surface area contributed by atoms with Crippen LogP contribution in [0, 0.1) is 23.6 Å². The van der Waals surface area contributed by atoms with E-state index >= 15 is 0 Å². The Morgan fingerprint density at radius 1 is 1.07 bits per heavy atom. The van der Waals surface area contributed by atoms with Crippen LogP contribution in [0.1, 0.15) is 38.2 Å². The highest BCUT2D eigenvalue weighted by Crippen LogP contribution is 2.36. The highest BCUT2D eigenvalue weighted by atomic mass is 19.4. The molecule has 0 atom stereocenters. The van der Waals surface area contributed by atoms with Crippen molar-refractivity contribution in [3.05, 3.63) is 36.2 Å². The van der Waals surface area contributed by atoms with Crippen LogP contribution in [0.4, 0.5) is 17.6 Å². The fourth-order valence-electron chi connectivity index (χ4n) is 3.79. The van der Waals surface area contributed by atoms with E-state index in [2.05, 4.69) is 18.2 Å². The van der Waals surface area contributed by atoms with Crippen molar-refractivity contribution in [3.63, 3.8) is 0 Å². The summed E-state index contributed by atoms with van der Waals surface area (Å²) >= 11 is 0. The van der Waals surface area contributed by atoms with Crippen LogP contribution in [-0.2, 0) is 9.47 Å². The summed E-state index contributed by atoms with van der Waals surface area (Å²) in [5.41, 5.74) is 0.695. The van der Waals surface area contributed by atoms with Crippen molar-refractivity contribution in [1.29, 1.82) is 0 Å². The molecule has 0 N–H and O–H groups in total. The molecular weight excluding hydrogens is 364 g/mol. The number of ether oxygens (including phenoxy) is 3. The van der Waals surface area contributed by atoms with E-state index in [9.17, 15) is 17.6 Å². The van der Waals surface area contributed by atoms with E-state index in [1.807, 2.05) is 0 Å². The van der Waals surface area contributed by atoms with Gasteiger partial charge in [0.2, 0.25) is 0 Å². The number of halogens is 4. The number of benzene rings is 1. The van der Waals surface area contributed by atoms with Crippen LogP contribution in [0.25, 0.3) is 5.57 Å². The summed E-state index contributed by atoms with van der Waals surface area (Å²) in [4.78, 5) is 0. The Morgan fingerprint density at radius 2 is 1.70 bits per heavy atom. The van der Waals surface area contributed by atoms with Gasteiger partial charge in [0.1, 0.15) is 0 Å². The van der Waals surface area contributed by atoms with Crippen LogP contribution in [0.15, 0.2) is 24.8 Å². The van der Waals surface area contributed by atoms with Crippen molar-refractivity contribution in [3.8, 4) is 5.75 Å². The molecule has 0 unspecified atom stereocenters. The normalized spacial score (nSPS) is 29.4. The standard InChI is InChI=1S/C20H24F4O3/c1-12-3-5-14(6-4-12)16-10-25-19(26-11-16)13(2)15-7-8-18(17(21)9-15)27-20(22,23)24/h7-9,12,14,16,19H,2-6,10-11H2,1H3. The average molecular weight is 388 g/mol. The average Bonchev–Trinajstić information content (AvgIpc) is 2.62. The van der Waals surface area contributed by atoms with Gasteiger partial charge < -0.3 is 14.2 Å². The van der Waals surface area contributed by atoms with Gasteiger partial charge in [-0.1, -0.05) is 32.4 Å². The SMILES string of the molecule is C=C(c1ccc(OC(F)(F)F)c(F)c1)C1OCC(C2CCC(C)CC2)CO1. The minimum atomic E-state index is -4.94. The molecule has 0 radical (unpaired) electrons. The minimum Gasteiger partial charge on any atom is -0.403 e. The summed E-state index contributed by atoms with van der Waals surface area (Å²) in [6, 6.07) is 3.19. The van der Waals surface area contributed by atoms with Gasteiger partial charge >= 0.3 is 6.36 Å². The van der Waals surface area contributed by atoms with Crippen LogP contribution < -0.4 is 4.74 Å². The van der Waals surface area contributed by atoms with Gasteiger partial charge in [0.05, 0.1) is 13.2 Å². The molecule has 27 heavy (non-hydrogen) atoms. The third kappa shape index (κ3) is 5.23. The zero-order chi connectivity index (χ0) is 19.6. The van der Waals surface area contributed by atoms with Crippen molar-refractivity contribution < 1.29 is 31.8 Å². The van der Waals surface area contributed by atoms with Gasteiger partial charge in [-0.2, -0.15) is 0 Å². The molecule has 150 valence electrons. The van der Waals surface area contributed by atoms with Crippen LogP contribution in [0.3, 0.4) is 0 Å². The minimum absolute atomic E-state index is 0.317. The first kappa shape index (κ1) is 20.1. The summed E-state index contributed by atoms with van der Waals surface area (Å²) < 4.78 is 65.8. The lowest BCUT2D eigenvalue weighted by Gasteiger charge is -2.37. The molecule has 3 rings (SSSR count). The molecule has 1 aliphatic carbocycles. The summed E-state index contributed by atoms with van der Waals surface area (Å²) in [6.45, 7) is 7.22. The first-order valence-electron chi connectivity index (χ1n) is 9.20. The Kier molecular flexibility index (Phi) is 6.11. The van der Waals surface area contributed by atoms with Crippen molar-refractivity contribution in [1.82, 2.24) is 0 Å². The second-order valence-electron chi connectivity index (χ2n) is 7.50. The van der Waals surface area contributed by atoms with Crippen molar-refractivity contribution >= 4 is 5.57 Å². The maximum atomic E-state index is 13.9. The van der Waals surface area contributed by atoms with Gasteiger partial charge in [-0.05, 0) is 42.4 Å². The fourth-order valence-corrected chi connectivity index (χ4v) is 3.79. The second kappa shape index (κ2) is 8.19. The zero-order valence-corrected chi connectivity index (χ0v) is 15.2. The summed E-state index contributed by atoms with van der Waals surface area (Å²) in [7, 11) is 0. The Morgan fingerprint density at radius 3 is 2.26 bits per heavy atom. The first-order chi connectivity index (χ1) is 12.7. The third-order valence-corrected chi connectivity index (χ3v) is 5.46. The molecule has 2 fully saturated rings. The second-order valence-corrected chi connectivity index (χ2v) is 7.50. The maximum absolute atomic E-state index is 13.9. The Balaban J connectivity index is 1.57. The van der Waals surface area contributed by atoms with Crippen LogP contribution >= 0.6 is 0 Å². The Hall–Kier alpha value is -1.60. The number of hydrogen-bond acceptors (Lipinski definition) is 3. The number of alkyl halides is 3. The molecule has 7 heteroatoms. The highest BCUT2D eigenvalue weighted by Gasteiger charge is 2.34. The molecule has 0 spiro atoms. The van der Waals surface area contributed by atoms with E-state index < -0.39 is 24.2 Å². The molecule has 1 saturated carbocycles. The largest absolute Gasteiger partial charge is 0.573 e. The van der Waals surface area contributed by atoms with Crippen LogP contribution in [-0.4, -0.2) is 25.9 Å².